The first-order valence-corrected chi connectivity index (χ1v) is 12.2. The molecule has 2 aromatic rings. The van der Waals surface area contributed by atoms with Crippen LogP contribution >= 0.6 is 0 Å². The van der Waals surface area contributed by atoms with Gasteiger partial charge in [0.05, 0.1) is 11.9 Å². The average Bonchev–Trinajstić information content (AvgIpc) is 2.75. The Balaban J connectivity index is 1.51. The Hall–Kier alpha value is -2.42. The number of carbonyl (C=O) groups excluding carboxylic acids is 1. The van der Waals surface area contributed by atoms with E-state index in [9.17, 15) is 13.2 Å². The van der Waals surface area contributed by atoms with Crippen molar-refractivity contribution in [2.75, 3.05) is 37.2 Å². The fraction of sp³-hybridized carbons (Fsp3) is 0.435. The quantitative estimate of drug-likeness (QED) is 0.675. The van der Waals surface area contributed by atoms with Crippen molar-refractivity contribution < 1.29 is 17.9 Å². The molecule has 1 fully saturated rings. The van der Waals surface area contributed by atoms with Gasteiger partial charge in [0.25, 0.3) is 5.91 Å². The largest absolute Gasteiger partial charge is 0.491 e. The van der Waals surface area contributed by atoms with Crippen molar-refractivity contribution in [3.8, 4) is 5.75 Å². The molecule has 1 heterocycles. The first-order chi connectivity index (χ1) is 14.8. The standard InChI is InChI=1S/C23H31N3O4S/c1-4-31(28,29)26-15-13-25(14-16-26)17-19-5-7-20(8-6-19)23(27)24-21-9-11-22(12-10-21)30-18(2)3/h5-12,18H,4,13-17H2,1-3H3,(H,24,27). The topological polar surface area (TPSA) is 79.0 Å². The van der Waals surface area contributed by atoms with Crippen LogP contribution in [0.4, 0.5) is 5.69 Å². The summed E-state index contributed by atoms with van der Waals surface area (Å²) in [5.41, 5.74) is 2.40. The molecule has 0 unspecified atom stereocenters. The predicted octanol–water partition coefficient (Wildman–Crippen LogP) is 3.19. The smallest absolute Gasteiger partial charge is 0.255 e. The van der Waals surface area contributed by atoms with Gasteiger partial charge in [0.2, 0.25) is 10.0 Å². The number of hydrogen-bond donors (Lipinski definition) is 1. The van der Waals surface area contributed by atoms with Gasteiger partial charge in [-0.3, -0.25) is 9.69 Å². The highest BCUT2D eigenvalue weighted by Crippen LogP contribution is 2.18. The molecule has 8 heteroatoms. The number of ether oxygens (including phenoxy) is 1. The molecule has 2 aromatic carbocycles. The summed E-state index contributed by atoms with van der Waals surface area (Å²) in [5, 5.41) is 2.90. The van der Waals surface area contributed by atoms with Gasteiger partial charge in [0.1, 0.15) is 5.75 Å². The number of nitrogens with zero attached hydrogens (tertiary/aromatic N) is 2. The third kappa shape index (κ3) is 6.53. The van der Waals surface area contributed by atoms with E-state index in [0.717, 1.165) is 17.9 Å². The summed E-state index contributed by atoms with van der Waals surface area (Å²) in [5.74, 6) is 0.750. The van der Waals surface area contributed by atoms with Gasteiger partial charge in [0, 0.05) is 44.0 Å². The van der Waals surface area contributed by atoms with Gasteiger partial charge in [-0.05, 0) is 62.7 Å². The molecule has 0 atom stereocenters. The zero-order valence-electron chi connectivity index (χ0n) is 18.4. The summed E-state index contributed by atoms with van der Waals surface area (Å²) in [6.45, 7) is 8.81. The second kappa shape index (κ2) is 10.3. The first-order valence-electron chi connectivity index (χ1n) is 10.6. The summed E-state index contributed by atoms with van der Waals surface area (Å²) in [6, 6.07) is 14.9. The van der Waals surface area contributed by atoms with E-state index in [1.165, 1.54) is 0 Å². The highest BCUT2D eigenvalue weighted by molar-refractivity contribution is 7.89. The van der Waals surface area contributed by atoms with E-state index in [1.54, 1.807) is 11.2 Å². The van der Waals surface area contributed by atoms with E-state index in [-0.39, 0.29) is 17.8 Å². The molecule has 0 aliphatic carbocycles. The van der Waals surface area contributed by atoms with Crippen LogP contribution in [-0.4, -0.2) is 61.6 Å². The zero-order valence-corrected chi connectivity index (χ0v) is 19.2. The minimum Gasteiger partial charge on any atom is -0.491 e. The summed E-state index contributed by atoms with van der Waals surface area (Å²) < 4.78 is 31.1. The molecule has 1 amide bonds. The lowest BCUT2D eigenvalue weighted by molar-refractivity contribution is 0.102. The number of anilines is 1. The van der Waals surface area contributed by atoms with Gasteiger partial charge >= 0.3 is 0 Å². The van der Waals surface area contributed by atoms with E-state index >= 15 is 0 Å². The molecule has 0 radical (unpaired) electrons. The minimum absolute atomic E-state index is 0.104. The molecule has 0 saturated carbocycles. The van der Waals surface area contributed by atoms with E-state index in [2.05, 4.69) is 10.2 Å². The van der Waals surface area contributed by atoms with E-state index < -0.39 is 10.0 Å². The van der Waals surface area contributed by atoms with Crippen molar-refractivity contribution in [3.05, 3.63) is 59.7 Å². The maximum absolute atomic E-state index is 12.5. The van der Waals surface area contributed by atoms with Crippen LogP contribution in [0.1, 0.15) is 36.7 Å². The maximum atomic E-state index is 12.5. The van der Waals surface area contributed by atoms with Gasteiger partial charge in [-0.15, -0.1) is 0 Å². The lowest BCUT2D eigenvalue weighted by Gasteiger charge is -2.33. The Morgan fingerprint density at radius 1 is 1.00 bits per heavy atom. The maximum Gasteiger partial charge on any atom is 0.255 e. The Labute approximate surface area is 185 Å². The molecule has 3 rings (SSSR count). The molecule has 1 aliphatic rings. The summed E-state index contributed by atoms with van der Waals surface area (Å²) >= 11 is 0. The third-order valence-corrected chi connectivity index (χ3v) is 7.08. The van der Waals surface area contributed by atoms with Crippen LogP contribution in [0.15, 0.2) is 48.5 Å². The minimum atomic E-state index is -3.11. The van der Waals surface area contributed by atoms with Crippen molar-refractivity contribution >= 4 is 21.6 Å². The normalized spacial score (nSPS) is 15.7. The van der Waals surface area contributed by atoms with E-state index in [4.69, 9.17) is 4.74 Å². The summed E-state index contributed by atoms with van der Waals surface area (Å²) in [6.07, 6.45) is 0.104. The Bertz CT molecular complexity index is 965. The Morgan fingerprint density at radius 2 is 1.61 bits per heavy atom. The number of benzene rings is 2. The van der Waals surface area contributed by atoms with E-state index in [1.807, 2.05) is 62.4 Å². The van der Waals surface area contributed by atoms with Crippen molar-refractivity contribution in [2.45, 2.75) is 33.4 Å². The number of sulfonamides is 1. The van der Waals surface area contributed by atoms with Crippen molar-refractivity contribution in [3.63, 3.8) is 0 Å². The fourth-order valence-corrected chi connectivity index (χ4v) is 4.55. The van der Waals surface area contributed by atoms with Gasteiger partial charge in [0.15, 0.2) is 0 Å². The molecular weight excluding hydrogens is 414 g/mol. The van der Waals surface area contributed by atoms with Crippen molar-refractivity contribution in [2.24, 2.45) is 0 Å². The molecule has 168 valence electrons. The molecule has 7 nitrogen and oxygen atoms in total. The van der Waals surface area contributed by atoms with E-state index in [0.29, 0.717) is 37.4 Å². The lowest BCUT2D eigenvalue weighted by atomic mass is 10.1. The van der Waals surface area contributed by atoms with Crippen LogP contribution in [0.2, 0.25) is 0 Å². The van der Waals surface area contributed by atoms with Gasteiger partial charge in [-0.25, -0.2) is 8.42 Å². The van der Waals surface area contributed by atoms with Crippen LogP contribution in [0.5, 0.6) is 5.75 Å². The van der Waals surface area contributed by atoms with Crippen LogP contribution in [-0.2, 0) is 16.6 Å². The average molecular weight is 446 g/mol. The number of piperazine rings is 1. The zero-order chi connectivity index (χ0) is 22.4. The Kier molecular flexibility index (Phi) is 7.69. The van der Waals surface area contributed by atoms with Crippen molar-refractivity contribution in [1.82, 2.24) is 9.21 Å². The summed E-state index contributed by atoms with van der Waals surface area (Å²) in [7, 11) is -3.11. The number of nitrogens with one attached hydrogen (secondary N) is 1. The lowest BCUT2D eigenvalue weighted by Crippen LogP contribution is -2.48. The third-order valence-electron chi connectivity index (χ3n) is 5.20. The molecule has 31 heavy (non-hydrogen) atoms. The second-order valence-electron chi connectivity index (χ2n) is 7.92. The molecule has 1 saturated heterocycles. The molecule has 1 aliphatic heterocycles. The van der Waals surface area contributed by atoms with Crippen LogP contribution < -0.4 is 10.1 Å². The summed E-state index contributed by atoms with van der Waals surface area (Å²) in [4.78, 5) is 14.8. The van der Waals surface area contributed by atoms with Crippen LogP contribution in [0.25, 0.3) is 0 Å². The van der Waals surface area contributed by atoms with Crippen molar-refractivity contribution in [1.29, 1.82) is 0 Å². The fourth-order valence-electron chi connectivity index (χ4n) is 3.46. The van der Waals surface area contributed by atoms with Gasteiger partial charge < -0.3 is 10.1 Å². The highest BCUT2D eigenvalue weighted by Gasteiger charge is 2.25. The van der Waals surface area contributed by atoms with Crippen LogP contribution in [0, 0.1) is 0 Å². The molecule has 0 spiro atoms. The molecule has 1 N–H and O–H groups in total. The Morgan fingerprint density at radius 3 is 2.16 bits per heavy atom. The number of amides is 1. The molecule has 0 aromatic heterocycles. The van der Waals surface area contributed by atoms with Gasteiger partial charge in [-0.2, -0.15) is 4.31 Å². The highest BCUT2D eigenvalue weighted by atomic mass is 32.2. The second-order valence-corrected chi connectivity index (χ2v) is 10.2. The number of carbonyl (C=O) groups is 1. The van der Waals surface area contributed by atoms with Crippen LogP contribution in [0.3, 0.4) is 0 Å². The first kappa shape index (κ1) is 23.2. The predicted molar refractivity (Wildman–Crippen MR) is 123 cm³/mol. The number of rotatable bonds is 8. The SMILES string of the molecule is CCS(=O)(=O)N1CCN(Cc2ccc(C(=O)Nc3ccc(OC(C)C)cc3)cc2)CC1. The van der Waals surface area contributed by atoms with Gasteiger partial charge in [-0.1, -0.05) is 12.1 Å². The molecular formula is C23H31N3O4S. The monoisotopic (exact) mass is 445 g/mol. The number of hydrogen-bond acceptors (Lipinski definition) is 5. The molecule has 0 bridgehead atoms.